The summed E-state index contributed by atoms with van der Waals surface area (Å²) < 4.78 is 20.8. The van der Waals surface area contributed by atoms with Crippen LogP contribution in [-0.2, 0) is 6.42 Å². The van der Waals surface area contributed by atoms with E-state index in [1.165, 1.54) is 10.7 Å². The van der Waals surface area contributed by atoms with Crippen LogP contribution in [0.15, 0.2) is 28.8 Å². The minimum atomic E-state index is -0.379. The SMILES string of the molecule is Cc1noc(CC2(NC(=O)Nc3c(C)nn(-c4ccccc4F)c3C)CC2)n1. The molecule has 0 saturated heterocycles. The maximum absolute atomic E-state index is 14.1. The molecule has 3 aromatic rings. The Hall–Kier alpha value is -3.23. The number of halogens is 1. The number of urea groups is 1. The average molecular weight is 384 g/mol. The summed E-state index contributed by atoms with van der Waals surface area (Å²) in [4.78, 5) is 16.8. The fourth-order valence-electron chi connectivity index (χ4n) is 3.27. The molecule has 2 N–H and O–H groups in total. The fraction of sp³-hybridized carbons (Fsp3) is 0.368. The molecule has 1 fully saturated rings. The van der Waals surface area contributed by atoms with E-state index in [9.17, 15) is 9.18 Å². The predicted molar refractivity (Wildman–Crippen MR) is 99.9 cm³/mol. The normalized spacial score (nSPS) is 14.7. The number of anilines is 1. The average Bonchev–Trinajstić information content (AvgIpc) is 3.18. The minimum absolute atomic E-state index is 0.335. The van der Waals surface area contributed by atoms with Crippen molar-refractivity contribution in [1.82, 2.24) is 25.2 Å². The maximum Gasteiger partial charge on any atom is 0.319 e. The Kier molecular flexibility index (Phi) is 4.37. The monoisotopic (exact) mass is 384 g/mol. The molecule has 1 aliphatic carbocycles. The van der Waals surface area contributed by atoms with E-state index in [1.54, 1.807) is 39.0 Å². The summed E-state index contributed by atoms with van der Waals surface area (Å²) in [7, 11) is 0. The smallest absolute Gasteiger partial charge is 0.319 e. The second-order valence-corrected chi connectivity index (χ2v) is 7.18. The Morgan fingerprint density at radius 3 is 2.68 bits per heavy atom. The summed E-state index contributed by atoms with van der Waals surface area (Å²) in [5, 5.41) is 14.0. The lowest BCUT2D eigenvalue weighted by Gasteiger charge is -2.16. The Morgan fingerprint density at radius 2 is 2.04 bits per heavy atom. The highest BCUT2D eigenvalue weighted by Gasteiger charge is 2.45. The second-order valence-electron chi connectivity index (χ2n) is 7.18. The largest absolute Gasteiger partial charge is 0.339 e. The molecule has 2 heterocycles. The summed E-state index contributed by atoms with van der Waals surface area (Å²) in [6, 6.07) is 6.04. The van der Waals surface area contributed by atoms with E-state index in [0.29, 0.717) is 40.9 Å². The van der Waals surface area contributed by atoms with Gasteiger partial charge < -0.3 is 15.2 Å². The Morgan fingerprint density at radius 1 is 1.29 bits per heavy atom. The highest BCUT2D eigenvalue weighted by molar-refractivity contribution is 5.91. The van der Waals surface area contributed by atoms with Crippen molar-refractivity contribution >= 4 is 11.7 Å². The van der Waals surface area contributed by atoms with Gasteiger partial charge in [0, 0.05) is 0 Å². The lowest BCUT2D eigenvalue weighted by atomic mass is 10.2. The number of nitrogens with one attached hydrogen (secondary N) is 2. The molecule has 28 heavy (non-hydrogen) atoms. The molecule has 2 amide bonds. The topological polar surface area (TPSA) is 97.9 Å². The summed E-state index contributed by atoms with van der Waals surface area (Å²) in [6.45, 7) is 5.32. The van der Waals surface area contributed by atoms with Gasteiger partial charge in [0.1, 0.15) is 11.5 Å². The number of benzene rings is 1. The Bertz CT molecular complexity index is 1040. The van der Waals surface area contributed by atoms with Crippen molar-refractivity contribution in [3.63, 3.8) is 0 Å². The van der Waals surface area contributed by atoms with Gasteiger partial charge in [-0.2, -0.15) is 10.1 Å². The number of hydrogen-bond donors (Lipinski definition) is 2. The summed E-state index contributed by atoms with van der Waals surface area (Å²) in [5.74, 6) is 0.702. The van der Waals surface area contributed by atoms with Gasteiger partial charge >= 0.3 is 6.03 Å². The highest BCUT2D eigenvalue weighted by atomic mass is 19.1. The lowest BCUT2D eigenvalue weighted by Crippen LogP contribution is -2.41. The zero-order valence-electron chi connectivity index (χ0n) is 15.9. The number of carbonyl (C=O) groups excluding carboxylic acids is 1. The van der Waals surface area contributed by atoms with E-state index in [4.69, 9.17) is 4.52 Å². The number of aromatic nitrogens is 4. The standard InChI is InChI=1S/C19H21FN6O2/c1-11-17(12(2)26(24-11)15-7-5-4-6-14(15)20)22-18(27)23-19(8-9-19)10-16-21-13(3)25-28-16/h4-7H,8-10H2,1-3H3,(H2,22,23,27). The van der Waals surface area contributed by atoms with Crippen LogP contribution in [0.1, 0.15) is 35.9 Å². The molecule has 1 saturated carbocycles. The molecule has 9 heteroatoms. The third-order valence-electron chi connectivity index (χ3n) is 4.90. The summed E-state index contributed by atoms with van der Waals surface area (Å²) >= 11 is 0. The van der Waals surface area contributed by atoms with E-state index in [2.05, 4.69) is 25.9 Å². The van der Waals surface area contributed by atoms with Crippen LogP contribution >= 0.6 is 0 Å². The van der Waals surface area contributed by atoms with Crippen LogP contribution in [0.5, 0.6) is 0 Å². The molecule has 4 rings (SSSR count). The quantitative estimate of drug-likeness (QED) is 0.704. The van der Waals surface area contributed by atoms with Gasteiger partial charge in [0.15, 0.2) is 5.82 Å². The number of rotatable bonds is 5. The van der Waals surface area contributed by atoms with Crippen LogP contribution in [-0.4, -0.2) is 31.5 Å². The molecule has 1 aromatic carbocycles. The first kappa shape index (κ1) is 18.1. The van der Waals surface area contributed by atoms with Gasteiger partial charge in [0.05, 0.1) is 29.0 Å². The van der Waals surface area contributed by atoms with E-state index < -0.39 is 0 Å². The van der Waals surface area contributed by atoms with Gasteiger partial charge in [0.2, 0.25) is 5.89 Å². The molecule has 2 aromatic heterocycles. The molecule has 0 bridgehead atoms. The molecule has 1 aliphatic rings. The van der Waals surface area contributed by atoms with Crippen LogP contribution in [0, 0.1) is 26.6 Å². The summed E-state index contributed by atoms with van der Waals surface area (Å²) in [5.41, 5.74) is 1.78. The van der Waals surface area contributed by atoms with Crippen molar-refractivity contribution in [3.8, 4) is 5.69 Å². The van der Waals surface area contributed by atoms with Crippen LogP contribution in [0.3, 0.4) is 0 Å². The third kappa shape index (κ3) is 3.47. The fourth-order valence-corrected chi connectivity index (χ4v) is 3.27. The molecule has 0 spiro atoms. The van der Waals surface area contributed by atoms with Gasteiger partial charge in [-0.1, -0.05) is 17.3 Å². The van der Waals surface area contributed by atoms with Gasteiger partial charge in [0.25, 0.3) is 0 Å². The van der Waals surface area contributed by atoms with E-state index >= 15 is 0 Å². The van der Waals surface area contributed by atoms with Gasteiger partial charge in [-0.15, -0.1) is 0 Å². The van der Waals surface area contributed by atoms with E-state index in [1.807, 2.05) is 0 Å². The number of para-hydroxylation sites is 1. The summed E-state index contributed by atoms with van der Waals surface area (Å²) in [6.07, 6.45) is 2.18. The first-order valence-corrected chi connectivity index (χ1v) is 9.06. The molecule has 0 radical (unpaired) electrons. The first-order valence-electron chi connectivity index (χ1n) is 9.06. The third-order valence-corrected chi connectivity index (χ3v) is 4.90. The van der Waals surface area contributed by atoms with Crippen LogP contribution < -0.4 is 10.6 Å². The van der Waals surface area contributed by atoms with Crippen LogP contribution in [0.4, 0.5) is 14.9 Å². The van der Waals surface area contributed by atoms with Gasteiger partial charge in [-0.3, -0.25) is 0 Å². The molecule has 0 unspecified atom stereocenters. The number of amides is 2. The van der Waals surface area contributed by atoms with Crippen molar-refractivity contribution in [3.05, 3.63) is 53.2 Å². The second kappa shape index (κ2) is 6.74. The maximum atomic E-state index is 14.1. The first-order chi connectivity index (χ1) is 13.4. The number of nitrogens with zero attached hydrogens (tertiary/aromatic N) is 4. The Balaban J connectivity index is 1.49. The molecular weight excluding hydrogens is 363 g/mol. The minimum Gasteiger partial charge on any atom is -0.339 e. The van der Waals surface area contributed by atoms with E-state index in [-0.39, 0.29) is 17.4 Å². The predicted octanol–water partition coefficient (Wildman–Crippen LogP) is 3.22. The zero-order chi connectivity index (χ0) is 19.9. The number of aryl methyl sites for hydroxylation is 2. The van der Waals surface area contributed by atoms with Gasteiger partial charge in [-0.25, -0.2) is 13.9 Å². The van der Waals surface area contributed by atoms with E-state index in [0.717, 1.165) is 12.8 Å². The molecule has 0 aliphatic heterocycles. The highest BCUT2D eigenvalue weighted by Crippen LogP contribution is 2.38. The molecule has 146 valence electrons. The number of carbonyl (C=O) groups is 1. The van der Waals surface area contributed by atoms with Crippen molar-refractivity contribution < 1.29 is 13.7 Å². The van der Waals surface area contributed by atoms with Crippen LogP contribution in [0.25, 0.3) is 5.69 Å². The van der Waals surface area contributed by atoms with Crippen molar-refractivity contribution in [1.29, 1.82) is 0 Å². The molecule has 8 nitrogen and oxygen atoms in total. The molecule has 0 atom stereocenters. The van der Waals surface area contributed by atoms with Crippen molar-refractivity contribution in [2.45, 2.75) is 45.6 Å². The Labute approximate surface area is 161 Å². The van der Waals surface area contributed by atoms with Crippen LogP contribution in [0.2, 0.25) is 0 Å². The van der Waals surface area contributed by atoms with Gasteiger partial charge in [-0.05, 0) is 45.7 Å². The lowest BCUT2D eigenvalue weighted by molar-refractivity contribution is 0.245. The van der Waals surface area contributed by atoms with Crippen molar-refractivity contribution in [2.75, 3.05) is 5.32 Å². The number of hydrogen-bond acceptors (Lipinski definition) is 5. The molecular formula is C19H21FN6O2. The zero-order valence-corrected chi connectivity index (χ0v) is 15.9. The van der Waals surface area contributed by atoms with Crippen molar-refractivity contribution in [2.24, 2.45) is 0 Å².